The first-order valence-electron chi connectivity index (χ1n) is 9.07. The number of furan rings is 1. The third kappa shape index (κ3) is 4.42. The molecular weight excluding hydrogens is 387 g/mol. The van der Waals surface area contributed by atoms with Crippen molar-refractivity contribution in [2.75, 3.05) is 0 Å². The molecule has 3 rings (SSSR count). The number of carbonyl (C=O) groups is 2. The minimum Gasteiger partial charge on any atom is -0.480 e. The third-order valence-electron chi connectivity index (χ3n) is 4.69. The minimum atomic E-state index is -4.70. The smallest absolute Gasteiger partial charge is 0.407 e. The van der Waals surface area contributed by atoms with Gasteiger partial charge in [-0.25, -0.2) is 0 Å². The molecule has 0 bridgehead atoms. The zero-order valence-electron chi connectivity index (χ0n) is 15.8. The summed E-state index contributed by atoms with van der Waals surface area (Å²) < 4.78 is 46.9. The van der Waals surface area contributed by atoms with Gasteiger partial charge in [-0.2, -0.15) is 13.2 Å². The van der Waals surface area contributed by atoms with E-state index in [1.165, 1.54) is 18.2 Å². The van der Waals surface area contributed by atoms with E-state index in [9.17, 15) is 27.9 Å². The molecule has 3 aromatic rings. The first kappa shape index (κ1) is 20.9. The fourth-order valence-corrected chi connectivity index (χ4v) is 3.36. The number of carbonyl (C=O) groups excluding carboxylic acids is 1. The van der Waals surface area contributed by atoms with Crippen LogP contribution in [0.25, 0.3) is 21.9 Å². The van der Waals surface area contributed by atoms with Crippen molar-refractivity contribution in [2.24, 2.45) is 5.92 Å². The highest BCUT2D eigenvalue weighted by Crippen LogP contribution is 2.37. The van der Waals surface area contributed by atoms with Gasteiger partial charge in [0.2, 0.25) is 0 Å². The number of carboxylic acids is 1. The Balaban J connectivity index is 2.04. The molecule has 0 fully saturated rings. The summed E-state index contributed by atoms with van der Waals surface area (Å²) in [4.78, 5) is 22.4. The van der Waals surface area contributed by atoms with Gasteiger partial charge in [0.25, 0.3) is 0 Å². The van der Waals surface area contributed by atoms with Crippen molar-refractivity contribution in [2.45, 2.75) is 38.5 Å². The molecule has 1 aromatic heterocycles. The summed E-state index contributed by atoms with van der Waals surface area (Å²) in [5, 5.41) is 12.8. The number of nitrogens with one attached hydrogen (secondary N) is 1. The first-order chi connectivity index (χ1) is 13.6. The highest BCUT2D eigenvalue weighted by molar-refractivity contribution is 6.06. The van der Waals surface area contributed by atoms with E-state index in [1.807, 2.05) is 0 Å². The molecule has 29 heavy (non-hydrogen) atoms. The summed E-state index contributed by atoms with van der Waals surface area (Å²) in [6, 6.07) is 5.29. The maximum atomic E-state index is 13.7. The fourth-order valence-electron chi connectivity index (χ4n) is 3.36. The van der Waals surface area contributed by atoms with Crippen molar-refractivity contribution >= 4 is 34.2 Å². The number of hydrogen-bond acceptors (Lipinski definition) is 4. The zero-order valence-corrected chi connectivity index (χ0v) is 15.8. The van der Waals surface area contributed by atoms with Crippen LogP contribution in [0.3, 0.4) is 0 Å². The average molecular weight is 407 g/mol. The fraction of sp³-hybridized carbons (Fsp3) is 0.333. The molecule has 0 aliphatic heterocycles. The van der Waals surface area contributed by atoms with Crippen LogP contribution in [-0.2, 0) is 4.79 Å². The molecule has 0 radical (unpaired) electrons. The Morgan fingerprint density at radius 2 is 1.86 bits per heavy atom. The molecule has 0 saturated carbocycles. The van der Waals surface area contributed by atoms with Crippen LogP contribution in [0.5, 0.6) is 0 Å². The predicted molar refractivity (Wildman–Crippen MR) is 102 cm³/mol. The van der Waals surface area contributed by atoms with Gasteiger partial charge in [0.1, 0.15) is 29.5 Å². The summed E-state index contributed by atoms with van der Waals surface area (Å²) in [5.41, 5.74) is 0.960. The molecule has 2 aromatic carbocycles. The number of halogens is 3. The molecule has 154 valence electrons. The number of benzene rings is 2. The van der Waals surface area contributed by atoms with Crippen LogP contribution >= 0.6 is 0 Å². The molecule has 2 N–H and O–H groups in total. The van der Waals surface area contributed by atoms with E-state index < -0.39 is 24.2 Å². The molecule has 0 amide bonds. The largest absolute Gasteiger partial charge is 0.480 e. The van der Waals surface area contributed by atoms with Crippen LogP contribution in [0.2, 0.25) is 0 Å². The van der Waals surface area contributed by atoms with Gasteiger partial charge in [0, 0.05) is 16.3 Å². The van der Waals surface area contributed by atoms with Crippen molar-refractivity contribution in [1.29, 1.82) is 0 Å². The summed E-state index contributed by atoms with van der Waals surface area (Å²) >= 11 is 0. The number of alkyl halides is 3. The topological polar surface area (TPSA) is 79.5 Å². The summed E-state index contributed by atoms with van der Waals surface area (Å²) in [6.07, 6.45) is -3.96. The maximum Gasteiger partial charge on any atom is 0.407 e. The highest BCUT2D eigenvalue weighted by Gasteiger charge is 2.43. The van der Waals surface area contributed by atoms with Crippen molar-refractivity contribution in [3.63, 3.8) is 0 Å². The molecule has 8 heteroatoms. The molecule has 2 atom stereocenters. The first-order valence-corrected chi connectivity index (χ1v) is 9.07. The van der Waals surface area contributed by atoms with Gasteiger partial charge in [-0.05, 0) is 42.2 Å². The second-order valence-electron chi connectivity index (χ2n) is 7.39. The Morgan fingerprint density at radius 3 is 2.45 bits per heavy atom. The summed E-state index contributed by atoms with van der Waals surface area (Å²) in [6.45, 7) is 3.49. The lowest BCUT2D eigenvalue weighted by Crippen LogP contribution is -2.45. The lowest BCUT2D eigenvalue weighted by molar-refractivity contribution is -0.163. The lowest BCUT2D eigenvalue weighted by Gasteiger charge is -2.26. The van der Waals surface area contributed by atoms with Crippen molar-refractivity contribution in [3.8, 4) is 0 Å². The van der Waals surface area contributed by atoms with Crippen molar-refractivity contribution < 1.29 is 32.3 Å². The molecule has 1 unspecified atom stereocenters. The summed E-state index contributed by atoms with van der Waals surface area (Å²) in [7, 11) is 0. The van der Waals surface area contributed by atoms with Crippen LogP contribution in [0, 0.1) is 5.92 Å². The molecule has 5 nitrogen and oxygen atoms in total. The molecular formula is C21H20F3NO4. The standard InChI is InChI=1S/C21H20F3NO4/c1-11(2)7-16(20(27)28)25-19(21(22,23)24)13-4-5-14-15-8-12(10-26)3-6-17(15)29-18(14)9-13/h3-6,8-11,16,19,25H,7H2,1-2H3,(H,27,28)/t16-,19?/m0/s1. The summed E-state index contributed by atoms with van der Waals surface area (Å²) in [5.74, 6) is -1.43. The average Bonchev–Trinajstić information content (AvgIpc) is 3.00. The van der Waals surface area contributed by atoms with Crippen LogP contribution < -0.4 is 5.32 Å². The Hall–Kier alpha value is -2.87. The second-order valence-corrected chi connectivity index (χ2v) is 7.39. The van der Waals surface area contributed by atoms with Gasteiger partial charge >= 0.3 is 12.1 Å². The normalized spacial score (nSPS) is 14.4. The van der Waals surface area contributed by atoms with Gasteiger partial charge in [-0.1, -0.05) is 26.0 Å². The van der Waals surface area contributed by atoms with E-state index in [1.54, 1.807) is 32.0 Å². The Kier molecular flexibility index (Phi) is 5.66. The van der Waals surface area contributed by atoms with Gasteiger partial charge in [0.15, 0.2) is 0 Å². The predicted octanol–water partition coefficient (Wildman–Crippen LogP) is 5.09. The van der Waals surface area contributed by atoms with Crippen LogP contribution in [0.15, 0.2) is 40.8 Å². The SMILES string of the molecule is CC(C)C[C@H](NC(c1ccc2c(c1)oc1ccc(C=O)cc12)C(F)(F)F)C(=O)O. The third-order valence-corrected chi connectivity index (χ3v) is 4.69. The Morgan fingerprint density at radius 1 is 1.14 bits per heavy atom. The van der Waals surface area contributed by atoms with Crippen LogP contribution in [-0.4, -0.2) is 29.6 Å². The van der Waals surface area contributed by atoms with Crippen LogP contribution in [0.1, 0.15) is 42.2 Å². The van der Waals surface area contributed by atoms with E-state index in [0.29, 0.717) is 28.2 Å². The van der Waals surface area contributed by atoms with E-state index in [-0.39, 0.29) is 23.5 Å². The lowest BCUT2D eigenvalue weighted by atomic mass is 9.99. The molecule has 0 aliphatic rings. The van der Waals surface area contributed by atoms with E-state index >= 15 is 0 Å². The van der Waals surface area contributed by atoms with E-state index in [0.717, 1.165) is 0 Å². The number of aliphatic carboxylic acids is 1. The zero-order chi connectivity index (χ0) is 21.3. The number of fused-ring (bicyclic) bond motifs is 3. The minimum absolute atomic E-state index is 0.0588. The quantitative estimate of drug-likeness (QED) is 0.533. The van der Waals surface area contributed by atoms with Gasteiger partial charge in [0.05, 0.1) is 0 Å². The number of aldehydes is 1. The Bertz CT molecular complexity index is 1060. The van der Waals surface area contributed by atoms with Crippen LogP contribution in [0.4, 0.5) is 13.2 Å². The highest BCUT2D eigenvalue weighted by atomic mass is 19.4. The molecule has 1 heterocycles. The monoisotopic (exact) mass is 407 g/mol. The number of rotatable bonds is 7. The molecule has 0 saturated heterocycles. The van der Waals surface area contributed by atoms with Gasteiger partial charge < -0.3 is 9.52 Å². The van der Waals surface area contributed by atoms with Crippen molar-refractivity contribution in [1.82, 2.24) is 5.32 Å². The number of hydrogen-bond donors (Lipinski definition) is 2. The maximum absolute atomic E-state index is 13.7. The molecule has 0 aliphatic carbocycles. The molecule has 0 spiro atoms. The van der Waals surface area contributed by atoms with Gasteiger partial charge in [-0.15, -0.1) is 0 Å². The van der Waals surface area contributed by atoms with Crippen molar-refractivity contribution in [3.05, 3.63) is 47.5 Å². The Labute approximate surface area is 164 Å². The van der Waals surface area contributed by atoms with E-state index in [2.05, 4.69) is 5.32 Å². The van der Waals surface area contributed by atoms with Gasteiger partial charge in [-0.3, -0.25) is 14.9 Å². The number of carboxylic acid groups (broad SMARTS) is 1. The second kappa shape index (κ2) is 7.87. The van der Waals surface area contributed by atoms with E-state index in [4.69, 9.17) is 4.42 Å².